The number of anilines is 1. The maximum Gasteiger partial charge on any atom is 0.409 e. The van der Waals surface area contributed by atoms with Gasteiger partial charge < -0.3 is 30.1 Å². The molecule has 31 heavy (non-hydrogen) atoms. The Labute approximate surface area is 201 Å². The Balaban J connectivity index is 0.00000341. The van der Waals surface area contributed by atoms with Gasteiger partial charge in [-0.05, 0) is 37.5 Å². The lowest BCUT2D eigenvalue weighted by molar-refractivity contribution is 0.0914. The number of ether oxygens (including phenoxy) is 1. The van der Waals surface area contributed by atoms with Crippen LogP contribution in [-0.4, -0.2) is 85.7 Å². The van der Waals surface area contributed by atoms with Crippen LogP contribution in [0.5, 0.6) is 0 Å². The number of nitrogens with zero attached hydrogens (tertiary/aromatic N) is 4. The molecule has 3 amide bonds. The molecule has 0 aliphatic carbocycles. The van der Waals surface area contributed by atoms with E-state index in [-0.39, 0.29) is 36.1 Å². The molecule has 10 heteroatoms. The smallest absolute Gasteiger partial charge is 0.409 e. The summed E-state index contributed by atoms with van der Waals surface area (Å²) in [7, 11) is 1.76. The molecule has 2 heterocycles. The van der Waals surface area contributed by atoms with Crippen LogP contribution in [0.3, 0.4) is 0 Å². The Morgan fingerprint density at radius 1 is 1.03 bits per heavy atom. The molecular weight excluding hydrogens is 511 g/mol. The van der Waals surface area contributed by atoms with Crippen molar-refractivity contribution < 1.29 is 14.3 Å². The molecule has 2 aliphatic heterocycles. The third kappa shape index (κ3) is 7.15. The zero-order valence-electron chi connectivity index (χ0n) is 18.3. The summed E-state index contributed by atoms with van der Waals surface area (Å²) in [5.41, 5.74) is 1.85. The highest BCUT2D eigenvalue weighted by molar-refractivity contribution is 14.0. The summed E-state index contributed by atoms with van der Waals surface area (Å²) in [6, 6.07) is 7.81. The van der Waals surface area contributed by atoms with Crippen molar-refractivity contribution in [2.45, 2.75) is 26.3 Å². The fourth-order valence-corrected chi connectivity index (χ4v) is 3.71. The lowest BCUT2D eigenvalue weighted by Crippen LogP contribution is -2.53. The second-order valence-electron chi connectivity index (χ2n) is 7.40. The first-order valence-corrected chi connectivity index (χ1v) is 10.6. The Hall–Kier alpha value is -2.24. The first-order valence-electron chi connectivity index (χ1n) is 10.6. The maximum absolute atomic E-state index is 12.3. The summed E-state index contributed by atoms with van der Waals surface area (Å²) in [5, 5.41) is 6.36. The number of carbonyl (C=O) groups excluding carboxylic acids is 2. The maximum atomic E-state index is 12.3. The van der Waals surface area contributed by atoms with Crippen molar-refractivity contribution in [3.8, 4) is 0 Å². The second kappa shape index (κ2) is 12.6. The van der Waals surface area contributed by atoms with E-state index in [0.717, 1.165) is 43.1 Å². The van der Waals surface area contributed by atoms with Gasteiger partial charge in [0.05, 0.1) is 6.61 Å². The number of hydrogen-bond acceptors (Lipinski definition) is 4. The fourth-order valence-electron chi connectivity index (χ4n) is 3.71. The number of guanidine groups is 1. The van der Waals surface area contributed by atoms with Gasteiger partial charge in [0.2, 0.25) is 0 Å². The highest BCUT2D eigenvalue weighted by Gasteiger charge is 2.23. The number of hydrogen-bond donors (Lipinski definition) is 2. The number of carbonyl (C=O) groups is 2. The quantitative estimate of drug-likeness (QED) is 0.346. The normalized spacial score (nSPS) is 16.6. The van der Waals surface area contributed by atoms with E-state index in [1.807, 2.05) is 36.1 Å². The number of nitrogens with one attached hydrogen (secondary N) is 2. The largest absolute Gasteiger partial charge is 0.450 e. The minimum absolute atomic E-state index is 0. The van der Waals surface area contributed by atoms with E-state index in [1.54, 1.807) is 11.9 Å². The van der Waals surface area contributed by atoms with Crippen LogP contribution >= 0.6 is 24.0 Å². The molecule has 1 aromatic carbocycles. The Bertz CT molecular complexity index is 761. The lowest BCUT2D eigenvalue weighted by atomic mass is 10.2. The zero-order chi connectivity index (χ0) is 21.3. The van der Waals surface area contributed by atoms with E-state index in [4.69, 9.17) is 4.74 Å². The van der Waals surface area contributed by atoms with Gasteiger partial charge in [0.15, 0.2) is 5.96 Å². The Kier molecular flexibility index (Phi) is 10.2. The molecule has 9 nitrogen and oxygen atoms in total. The fraction of sp³-hybridized carbons (Fsp3) is 0.571. The number of urea groups is 1. The summed E-state index contributed by atoms with van der Waals surface area (Å²) >= 11 is 0. The lowest BCUT2D eigenvalue weighted by Gasteiger charge is -2.35. The number of piperazine rings is 1. The number of amides is 3. The summed E-state index contributed by atoms with van der Waals surface area (Å²) < 4.78 is 5.07. The number of rotatable bonds is 4. The van der Waals surface area contributed by atoms with Gasteiger partial charge in [-0.1, -0.05) is 12.1 Å². The highest BCUT2D eigenvalue weighted by Crippen LogP contribution is 2.14. The Morgan fingerprint density at radius 2 is 1.71 bits per heavy atom. The van der Waals surface area contributed by atoms with Gasteiger partial charge >= 0.3 is 12.1 Å². The second-order valence-corrected chi connectivity index (χ2v) is 7.40. The molecule has 0 atom stereocenters. The topological polar surface area (TPSA) is 89.5 Å². The van der Waals surface area contributed by atoms with Crippen LogP contribution in [-0.2, 0) is 11.3 Å². The van der Waals surface area contributed by atoms with Crippen molar-refractivity contribution in [2.75, 3.05) is 58.2 Å². The van der Waals surface area contributed by atoms with E-state index in [0.29, 0.717) is 39.3 Å². The summed E-state index contributed by atoms with van der Waals surface area (Å²) in [6.07, 6.45) is 1.89. The Morgan fingerprint density at radius 3 is 2.35 bits per heavy atom. The number of benzene rings is 1. The highest BCUT2D eigenvalue weighted by atomic mass is 127. The molecule has 0 aromatic heterocycles. The molecule has 172 valence electrons. The van der Waals surface area contributed by atoms with Crippen molar-refractivity contribution in [3.05, 3.63) is 29.8 Å². The summed E-state index contributed by atoms with van der Waals surface area (Å²) in [6.45, 7) is 7.06. The van der Waals surface area contributed by atoms with E-state index < -0.39 is 0 Å². The minimum Gasteiger partial charge on any atom is -0.450 e. The summed E-state index contributed by atoms with van der Waals surface area (Å²) in [5.74, 6) is 0.796. The molecule has 0 saturated carbocycles. The van der Waals surface area contributed by atoms with Crippen molar-refractivity contribution in [3.63, 3.8) is 0 Å². The molecule has 2 aliphatic rings. The van der Waals surface area contributed by atoms with Crippen LogP contribution in [0.1, 0.15) is 25.3 Å². The summed E-state index contributed by atoms with van der Waals surface area (Å²) in [4.78, 5) is 34.2. The zero-order valence-corrected chi connectivity index (χ0v) is 20.6. The monoisotopic (exact) mass is 544 g/mol. The predicted molar refractivity (Wildman–Crippen MR) is 132 cm³/mol. The van der Waals surface area contributed by atoms with Gasteiger partial charge in [-0.15, -0.1) is 24.0 Å². The third-order valence-electron chi connectivity index (χ3n) is 5.34. The molecule has 0 unspecified atom stereocenters. The molecule has 3 rings (SSSR count). The van der Waals surface area contributed by atoms with Gasteiger partial charge in [-0.2, -0.15) is 0 Å². The number of likely N-dealkylation sites (tertiary alicyclic amines) is 1. The molecule has 2 N–H and O–H groups in total. The molecule has 2 fully saturated rings. The van der Waals surface area contributed by atoms with Gasteiger partial charge in [-0.25, -0.2) is 9.59 Å². The van der Waals surface area contributed by atoms with Crippen LogP contribution < -0.4 is 10.6 Å². The van der Waals surface area contributed by atoms with Crippen molar-refractivity contribution in [2.24, 2.45) is 4.99 Å². The van der Waals surface area contributed by atoms with Crippen LogP contribution in [0.15, 0.2) is 29.3 Å². The van der Waals surface area contributed by atoms with Gasteiger partial charge in [-0.3, -0.25) is 4.99 Å². The van der Waals surface area contributed by atoms with E-state index >= 15 is 0 Å². The molecule has 0 radical (unpaired) electrons. The average Bonchev–Trinajstić information content (AvgIpc) is 3.30. The minimum atomic E-state index is -0.257. The van der Waals surface area contributed by atoms with Gasteiger partial charge in [0.25, 0.3) is 0 Å². The molecule has 0 bridgehead atoms. The van der Waals surface area contributed by atoms with E-state index in [2.05, 4.69) is 20.5 Å². The molecule has 1 aromatic rings. The van der Waals surface area contributed by atoms with Crippen molar-refractivity contribution in [1.82, 2.24) is 20.0 Å². The average molecular weight is 544 g/mol. The van der Waals surface area contributed by atoms with E-state index in [9.17, 15) is 9.59 Å². The molecular formula is C21H33IN6O3. The number of halogens is 1. The van der Waals surface area contributed by atoms with Crippen LogP contribution in [0.4, 0.5) is 15.3 Å². The molecule has 2 saturated heterocycles. The van der Waals surface area contributed by atoms with Crippen LogP contribution in [0, 0.1) is 0 Å². The van der Waals surface area contributed by atoms with Gasteiger partial charge in [0, 0.05) is 58.5 Å². The first kappa shape index (κ1) is 25.0. The third-order valence-corrected chi connectivity index (χ3v) is 5.34. The van der Waals surface area contributed by atoms with Crippen LogP contribution in [0.2, 0.25) is 0 Å². The first-order chi connectivity index (χ1) is 14.6. The van der Waals surface area contributed by atoms with Crippen molar-refractivity contribution >= 4 is 47.7 Å². The molecule has 0 spiro atoms. The standard InChI is InChI=1S/C21H32N6O3.HI/c1-3-30-21(29)27-13-11-25(12-14-27)19(22-2)23-16-17-7-6-8-18(15-17)24-20(28)26-9-4-5-10-26;/h6-8,15H,3-5,9-14,16H2,1-2H3,(H,22,23)(H,24,28);1H. The van der Waals surface area contributed by atoms with E-state index in [1.165, 1.54) is 0 Å². The predicted octanol–water partition coefficient (Wildman–Crippen LogP) is 2.78. The van der Waals surface area contributed by atoms with Crippen LogP contribution in [0.25, 0.3) is 0 Å². The number of aliphatic imine (C=N–C) groups is 1. The van der Waals surface area contributed by atoms with Crippen molar-refractivity contribution in [1.29, 1.82) is 0 Å². The van der Waals surface area contributed by atoms with Gasteiger partial charge in [0.1, 0.15) is 0 Å². The SMILES string of the molecule is CCOC(=O)N1CCN(C(=NC)NCc2cccc(NC(=O)N3CCCC3)c2)CC1.I.